The van der Waals surface area contributed by atoms with E-state index in [2.05, 4.69) is 5.32 Å². The van der Waals surface area contributed by atoms with Gasteiger partial charge in [-0.1, -0.05) is 18.5 Å². The summed E-state index contributed by atoms with van der Waals surface area (Å²) in [6.45, 7) is 1.66. The van der Waals surface area contributed by atoms with Gasteiger partial charge in [0.15, 0.2) is 0 Å². The summed E-state index contributed by atoms with van der Waals surface area (Å²) in [6.07, 6.45) is 1.12. The first-order valence-corrected chi connectivity index (χ1v) is 10.8. The number of rotatable bonds is 8. The molecule has 7 nitrogen and oxygen atoms in total. The lowest BCUT2D eigenvalue weighted by Crippen LogP contribution is -2.47. The van der Waals surface area contributed by atoms with E-state index in [-0.39, 0.29) is 17.1 Å². The van der Waals surface area contributed by atoms with Crippen LogP contribution in [0.4, 0.5) is 15.8 Å². The second kappa shape index (κ2) is 9.32. The van der Waals surface area contributed by atoms with Crippen LogP contribution in [-0.2, 0) is 14.8 Å². The predicted octanol–water partition coefficient (Wildman–Crippen LogP) is 3.68. The molecule has 0 bridgehead atoms. The van der Waals surface area contributed by atoms with Crippen molar-refractivity contribution in [2.45, 2.75) is 19.4 Å². The molecule has 0 spiro atoms. The molecule has 1 atom stereocenters. The number of amides is 1. The standard InChI is InChI=1S/C19H22ClFN2O5S/c1-5-17(19(24)22-16-11-13(27-2)7-9-18(16)28-3)23(29(4,25)26)12-6-8-15(21)14(20)10-12/h6-11,17H,5H2,1-4H3,(H,22,24)/t17-/m1/s1. The number of carbonyl (C=O) groups excluding carboxylic acids is 1. The number of anilines is 2. The summed E-state index contributed by atoms with van der Waals surface area (Å²) >= 11 is 5.81. The molecule has 1 amide bonds. The van der Waals surface area contributed by atoms with Crippen LogP contribution in [0.3, 0.4) is 0 Å². The van der Waals surface area contributed by atoms with Crippen molar-refractivity contribution in [2.75, 3.05) is 30.1 Å². The number of methoxy groups -OCH3 is 2. The fraction of sp³-hybridized carbons (Fsp3) is 0.316. The molecule has 0 radical (unpaired) electrons. The smallest absolute Gasteiger partial charge is 0.248 e. The van der Waals surface area contributed by atoms with Crippen molar-refractivity contribution in [2.24, 2.45) is 0 Å². The lowest BCUT2D eigenvalue weighted by Gasteiger charge is -2.30. The molecule has 0 aliphatic rings. The maximum atomic E-state index is 13.5. The molecule has 158 valence electrons. The van der Waals surface area contributed by atoms with Crippen LogP contribution >= 0.6 is 11.6 Å². The van der Waals surface area contributed by atoms with E-state index in [1.165, 1.54) is 26.4 Å². The van der Waals surface area contributed by atoms with E-state index < -0.39 is 27.8 Å². The molecule has 2 aromatic rings. The zero-order chi connectivity index (χ0) is 21.8. The number of carbonyl (C=O) groups is 1. The van der Waals surface area contributed by atoms with Crippen LogP contribution in [0.25, 0.3) is 0 Å². The Hall–Kier alpha value is -2.52. The van der Waals surface area contributed by atoms with E-state index in [4.69, 9.17) is 21.1 Å². The van der Waals surface area contributed by atoms with Crippen molar-refractivity contribution in [3.8, 4) is 11.5 Å². The second-order valence-electron chi connectivity index (χ2n) is 6.14. The Labute approximate surface area is 174 Å². The summed E-state index contributed by atoms with van der Waals surface area (Å²) in [7, 11) is -0.969. The van der Waals surface area contributed by atoms with Gasteiger partial charge >= 0.3 is 0 Å². The van der Waals surface area contributed by atoms with Crippen LogP contribution in [0.5, 0.6) is 11.5 Å². The van der Waals surface area contributed by atoms with E-state index in [1.54, 1.807) is 25.1 Å². The van der Waals surface area contributed by atoms with Gasteiger partial charge in [0.05, 0.1) is 36.9 Å². The summed E-state index contributed by atoms with van der Waals surface area (Å²) in [6, 6.07) is 7.19. The first-order valence-electron chi connectivity index (χ1n) is 8.59. The average Bonchev–Trinajstić information content (AvgIpc) is 2.67. The van der Waals surface area contributed by atoms with Gasteiger partial charge in [0.2, 0.25) is 15.9 Å². The Morgan fingerprint density at radius 1 is 1.21 bits per heavy atom. The monoisotopic (exact) mass is 444 g/mol. The van der Waals surface area contributed by atoms with Gasteiger partial charge < -0.3 is 14.8 Å². The Morgan fingerprint density at radius 2 is 1.90 bits per heavy atom. The summed E-state index contributed by atoms with van der Waals surface area (Å²) < 4.78 is 49.8. The highest BCUT2D eigenvalue weighted by atomic mass is 35.5. The van der Waals surface area contributed by atoms with E-state index in [9.17, 15) is 17.6 Å². The summed E-state index contributed by atoms with van der Waals surface area (Å²) in [5.41, 5.74) is 0.402. The minimum Gasteiger partial charge on any atom is -0.497 e. The van der Waals surface area contributed by atoms with Gasteiger partial charge in [-0.05, 0) is 36.8 Å². The van der Waals surface area contributed by atoms with Crippen LogP contribution in [0, 0.1) is 5.82 Å². The third kappa shape index (κ3) is 5.30. The Bertz CT molecular complexity index is 1000. The van der Waals surface area contributed by atoms with Crippen LogP contribution < -0.4 is 19.1 Å². The maximum Gasteiger partial charge on any atom is 0.248 e. The fourth-order valence-corrected chi connectivity index (χ4v) is 4.19. The molecule has 10 heteroatoms. The van der Waals surface area contributed by atoms with Gasteiger partial charge in [-0.25, -0.2) is 12.8 Å². The fourth-order valence-electron chi connectivity index (χ4n) is 2.81. The second-order valence-corrected chi connectivity index (χ2v) is 8.40. The molecule has 2 aromatic carbocycles. The molecular weight excluding hydrogens is 423 g/mol. The lowest BCUT2D eigenvalue weighted by atomic mass is 10.1. The van der Waals surface area contributed by atoms with E-state index in [0.717, 1.165) is 16.6 Å². The summed E-state index contributed by atoms with van der Waals surface area (Å²) in [5.74, 6) is -0.420. The van der Waals surface area contributed by atoms with E-state index in [1.807, 2.05) is 0 Å². The quantitative estimate of drug-likeness (QED) is 0.671. The number of hydrogen-bond acceptors (Lipinski definition) is 5. The number of nitrogens with one attached hydrogen (secondary N) is 1. The van der Waals surface area contributed by atoms with Gasteiger partial charge in [0.1, 0.15) is 23.4 Å². The molecule has 1 N–H and O–H groups in total. The first-order chi connectivity index (χ1) is 13.6. The molecule has 0 saturated heterocycles. The van der Waals surface area contributed by atoms with Crippen LogP contribution in [0.1, 0.15) is 13.3 Å². The van der Waals surface area contributed by atoms with Gasteiger partial charge in [-0.3, -0.25) is 9.10 Å². The third-order valence-electron chi connectivity index (χ3n) is 4.15. The van der Waals surface area contributed by atoms with Crippen LogP contribution in [-0.4, -0.2) is 40.8 Å². The molecule has 29 heavy (non-hydrogen) atoms. The average molecular weight is 445 g/mol. The highest BCUT2D eigenvalue weighted by Crippen LogP contribution is 2.31. The Kier molecular flexibility index (Phi) is 7.32. The molecule has 2 rings (SSSR count). The molecule has 0 heterocycles. The minimum absolute atomic E-state index is 0.0820. The first kappa shape index (κ1) is 22.8. The summed E-state index contributed by atoms with van der Waals surface area (Å²) in [5, 5.41) is 2.43. The van der Waals surface area contributed by atoms with Crippen LogP contribution in [0.15, 0.2) is 36.4 Å². The maximum absolute atomic E-state index is 13.5. The van der Waals surface area contributed by atoms with Crippen molar-refractivity contribution in [1.82, 2.24) is 0 Å². The zero-order valence-corrected chi connectivity index (χ0v) is 18.0. The highest BCUT2D eigenvalue weighted by molar-refractivity contribution is 7.92. The van der Waals surface area contributed by atoms with Crippen molar-refractivity contribution in [3.63, 3.8) is 0 Å². The molecule has 0 aliphatic heterocycles. The normalized spacial score (nSPS) is 12.2. The van der Waals surface area contributed by atoms with Crippen molar-refractivity contribution < 1.29 is 27.1 Å². The molecular formula is C19H22ClFN2O5S. The van der Waals surface area contributed by atoms with Crippen LogP contribution in [0.2, 0.25) is 5.02 Å². The largest absolute Gasteiger partial charge is 0.497 e. The number of nitrogens with zero attached hydrogens (tertiary/aromatic N) is 1. The van der Waals surface area contributed by atoms with Gasteiger partial charge in [-0.15, -0.1) is 0 Å². The van der Waals surface area contributed by atoms with Gasteiger partial charge in [0, 0.05) is 6.07 Å². The number of sulfonamides is 1. The van der Waals surface area contributed by atoms with Gasteiger partial charge in [0.25, 0.3) is 0 Å². The number of ether oxygens (including phenoxy) is 2. The molecule has 0 fully saturated rings. The van der Waals surface area contributed by atoms with Crippen molar-refractivity contribution in [1.29, 1.82) is 0 Å². The third-order valence-corrected chi connectivity index (χ3v) is 5.62. The molecule has 0 aliphatic carbocycles. The molecule has 0 unspecified atom stereocenters. The lowest BCUT2D eigenvalue weighted by molar-refractivity contribution is -0.117. The number of halogens is 2. The highest BCUT2D eigenvalue weighted by Gasteiger charge is 2.32. The van der Waals surface area contributed by atoms with Crippen molar-refractivity contribution in [3.05, 3.63) is 47.2 Å². The summed E-state index contributed by atoms with van der Waals surface area (Å²) in [4.78, 5) is 13.0. The van der Waals surface area contributed by atoms with E-state index >= 15 is 0 Å². The molecule has 0 aromatic heterocycles. The SMILES string of the molecule is CC[C@H](C(=O)Nc1cc(OC)ccc1OC)N(c1ccc(F)c(Cl)c1)S(C)(=O)=O. The van der Waals surface area contributed by atoms with Crippen molar-refractivity contribution >= 4 is 38.9 Å². The Morgan fingerprint density at radius 3 is 2.41 bits per heavy atom. The molecule has 0 saturated carbocycles. The van der Waals surface area contributed by atoms with E-state index in [0.29, 0.717) is 17.2 Å². The minimum atomic E-state index is -3.89. The zero-order valence-electron chi connectivity index (χ0n) is 16.4. The number of hydrogen-bond donors (Lipinski definition) is 1. The van der Waals surface area contributed by atoms with Gasteiger partial charge in [-0.2, -0.15) is 0 Å². The number of benzene rings is 2. The Balaban J connectivity index is 2.45. The predicted molar refractivity (Wildman–Crippen MR) is 111 cm³/mol. The topological polar surface area (TPSA) is 84.9 Å².